The van der Waals surface area contributed by atoms with Crippen LogP contribution in [0.4, 0.5) is 23.7 Å². The number of carbonyl (C=O) groups excluding carboxylic acids is 3. The Labute approximate surface area is 205 Å². The first-order valence-corrected chi connectivity index (χ1v) is 11.4. The fourth-order valence-corrected chi connectivity index (χ4v) is 4.38. The average Bonchev–Trinajstić information content (AvgIpc) is 3.45. The number of likely N-dealkylation sites (tertiary alicyclic amines) is 1. The molecule has 0 bridgehead atoms. The number of alkyl halides is 3. The van der Waals surface area contributed by atoms with E-state index < -0.39 is 41.7 Å². The molecule has 4 amide bonds. The maximum Gasteiger partial charge on any atom is 0.416 e. The number of primary amides is 1. The average molecular weight is 505 g/mol. The Balaban J connectivity index is 1.29. The molecule has 2 aliphatic rings. The van der Waals surface area contributed by atoms with Crippen LogP contribution in [0.5, 0.6) is 5.75 Å². The van der Waals surface area contributed by atoms with Crippen LogP contribution in [0.2, 0.25) is 0 Å². The van der Waals surface area contributed by atoms with Gasteiger partial charge in [0.1, 0.15) is 5.75 Å². The van der Waals surface area contributed by atoms with Crippen LogP contribution in [-0.2, 0) is 23.9 Å². The molecule has 4 rings (SSSR count). The van der Waals surface area contributed by atoms with Gasteiger partial charge >= 0.3 is 12.2 Å². The number of nitrogens with one attached hydrogen (secondary N) is 3. The van der Waals surface area contributed by atoms with E-state index in [1.54, 1.807) is 0 Å². The summed E-state index contributed by atoms with van der Waals surface area (Å²) in [6.45, 7) is 2.42. The van der Waals surface area contributed by atoms with Crippen molar-refractivity contribution in [2.24, 2.45) is 5.73 Å². The lowest BCUT2D eigenvalue weighted by atomic mass is 10.1. The highest BCUT2D eigenvalue weighted by molar-refractivity contribution is 6.04. The van der Waals surface area contributed by atoms with Crippen LogP contribution in [0.25, 0.3) is 0 Å². The van der Waals surface area contributed by atoms with Crippen molar-refractivity contribution in [3.05, 3.63) is 58.7 Å². The molecule has 1 saturated heterocycles. The van der Waals surface area contributed by atoms with Crippen LogP contribution in [0.1, 0.15) is 33.5 Å². The molecular formula is C24H26F3N5O4. The van der Waals surface area contributed by atoms with Gasteiger partial charge in [0.2, 0.25) is 5.91 Å². The SMILES string of the molecule is NC(=O)Nc1ccc(C(F)(F)F)cc1C(=O)NCC(=O)N[C@H]1CCN(Cc2ccc3c(c2)CCO3)C1. The van der Waals surface area contributed by atoms with Crippen LogP contribution in [0.3, 0.4) is 0 Å². The largest absolute Gasteiger partial charge is 0.493 e. The lowest BCUT2D eigenvalue weighted by Gasteiger charge is -2.17. The summed E-state index contributed by atoms with van der Waals surface area (Å²) < 4.78 is 44.8. The van der Waals surface area contributed by atoms with Gasteiger partial charge in [0.15, 0.2) is 0 Å². The summed E-state index contributed by atoms with van der Waals surface area (Å²) in [6, 6.07) is 7.23. The number of anilines is 1. The van der Waals surface area contributed by atoms with E-state index in [-0.39, 0.29) is 11.7 Å². The zero-order chi connectivity index (χ0) is 25.9. The Kier molecular flexibility index (Phi) is 7.34. The maximum absolute atomic E-state index is 13.1. The monoisotopic (exact) mass is 505 g/mol. The van der Waals surface area contributed by atoms with Gasteiger partial charge in [-0.2, -0.15) is 13.2 Å². The molecule has 2 aliphatic heterocycles. The molecule has 1 fully saturated rings. The summed E-state index contributed by atoms with van der Waals surface area (Å²) in [5.41, 5.74) is 5.67. The van der Waals surface area contributed by atoms with Gasteiger partial charge in [0.05, 0.1) is 30.0 Å². The number of nitrogens with zero attached hydrogens (tertiary/aromatic N) is 1. The predicted molar refractivity (Wildman–Crippen MR) is 124 cm³/mol. The molecule has 1 atom stereocenters. The first-order chi connectivity index (χ1) is 17.1. The molecular weight excluding hydrogens is 479 g/mol. The predicted octanol–water partition coefficient (Wildman–Crippen LogP) is 2.25. The van der Waals surface area contributed by atoms with Gasteiger partial charge in [0, 0.05) is 32.1 Å². The molecule has 9 nitrogen and oxygen atoms in total. The van der Waals surface area contributed by atoms with Gasteiger partial charge in [0.25, 0.3) is 5.91 Å². The fraction of sp³-hybridized carbons (Fsp3) is 0.375. The molecule has 0 radical (unpaired) electrons. The molecule has 192 valence electrons. The number of rotatable bonds is 7. The van der Waals surface area contributed by atoms with Gasteiger partial charge in [-0.25, -0.2) is 4.79 Å². The van der Waals surface area contributed by atoms with E-state index in [0.717, 1.165) is 43.8 Å². The molecule has 0 unspecified atom stereocenters. The minimum absolute atomic E-state index is 0.118. The third kappa shape index (κ3) is 6.25. The van der Waals surface area contributed by atoms with E-state index in [2.05, 4.69) is 26.9 Å². The van der Waals surface area contributed by atoms with Crippen molar-refractivity contribution in [3.63, 3.8) is 0 Å². The number of benzene rings is 2. The number of ether oxygens (including phenoxy) is 1. The van der Waals surface area contributed by atoms with E-state index in [0.29, 0.717) is 19.2 Å². The molecule has 5 N–H and O–H groups in total. The molecule has 0 aromatic heterocycles. The van der Waals surface area contributed by atoms with E-state index in [9.17, 15) is 27.6 Å². The number of fused-ring (bicyclic) bond motifs is 1. The number of nitrogens with two attached hydrogens (primary N) is 1. The topological polar surface area (TPSA) is 126 Å². The zero-order valence-corrected chi connectivity index (χ0v) is 19.3. The Morgan fingerprint density at radius 2 is 1.94 bits per heavy atom. The Hall–Kier alpha value is -3.80. The van der Waals surface area contributed by atoms with E-state index in [4.69, 9.17) is 10.5 Å². The molecule has 2 heterocycles. The number of halogens is 3. The van der Waals surface area contributed by atoms with Gasteiger partial charge < -0.3 is 26.4 Å². The highest BCUT2D eigenvalue weighted by Crippen LogP contribution is 2.32. The van der Waals surface area contributed by atoms with Gasteiger partial charge in [-0.3, -0.25) is 14.5 Å². The lowest BCUT2D eigenvalue weighted by Crippen LogP contribution is -2.43. The molecule has 0 aliphatic carbocycles. The molecule has 2 aromatic carbocycles. The highest BCUT2D eigenvalue weighted by Gasteiger charge is 2.32. The summed E-state index contributed by atoms with van der Waals surface area (Å²) in [5, 5.41) is 7.26. The first-order valence-electron chi connectivity index (χ1n) is 11.4. The Morgan fingerprint density at radius 1 is 1.14 bits per heavy atom. The highest BCUT2D eigenvalue weighted by atomic mass is 19.4. The molecule has 0 saturated carbocycles. The van der Waals surface area contributed by atoms with Crippen molar-refractivity contribution in [2.75, 3.05) is 31.6 Å². The molecule has 12 heteroatoms. The summed E-state index contributed by atoms with van der Waals surface area (Å²) in [6.07, 6.45) is -3.07. The van der Waals surface area contributed by atoms with Gasteiger partial charge in [-0.1, -0.05) is 12.1 Å². The number of amides is 4. The van der Waals surface area contributed by atoms with Crippen molar-refractivity contribution in [2.45, 2.75) is 31.6 Å². The molecule has 36 heavy (non-hydrogen) atoms. The summed E-state index contributed by atoms with van der Waals surface area (Å²) >= 11 is 0. The first kappa shape index (κ1) is 25.3. The van der Waals surface area contributed by atoms with Crippen LogP contribution in [0.15, 0.2) is 36.4 Å². The molecule has 0 spiro atoms. The van der Waals surface area contributed by atoms with Crippen LogP contribution in [0, 0.1) is 0 Å². The van der Waals surface area contributed by atoms with Gasteiger partial charge in [-0.05, 0) is 41.8 Å². The normalized spacial score (nSPS) is 17.2. The van der Waals surface area contributed by atoms with Crippen molar-refractivity contribution in [1.29, 1.82) is 0 Å². The third-order valence-corrected chi connectivity index (χ3v) is 6.06. The summed E-state index contributed by atoms with van der Waals surface area (Å²) in [4.78, 5) is 38.3. The van der Waals surface area contributed by atoms with Crippen LogP contribution < -0.4 is 26.4 Å². The Bertz CT molecular complexity index is 1170. The van der Waals surface area contributed by atoms with Crippen molar-refractivity contribution in [1.82, 2.24) is 15.5 Å². The quantitative estimate of drug-likeness (QED) is 0.459. The number of carbonyl (C=O) groups is 3. The van der Waals surface area contributed by atoms with Crippen molar-refractivity contribution >= 4 is 23.5 Å². The van der Waals surface area contributed by atoms with Crippen molar-refractivity contribution in [3.8, 4) is 5.75 Å². The smallest absolute Gasteiger partial charge is 0.416 e. The second kappa shape index (κ2) is 10.4. The van der Waals surface area contributed by atoms with E-state index in [1.807, 2.05) is 12.1 Å². The second-order valence-corrected chi connectivity index (χ2v) is 8.76. The lowest BCUT2D eigenvalue weighted by molar-refractivity contribution is -0.137. The van der Waals surface area contributed by atoms with Crippen LogP contribution >= 0.6 is 0 Å². The number of hydrogen-bond donors (Lipinski definition) is 4. The standard InChI is InChI=1S/C24H26F3N5O4/c25-24(26,27)16-2-3-19(31-23(28)35)18(10-16)22(34)29-11-21(33)30-17-5-7-32(13-17)12-14-1-4-20-15(9-14)6-8-36-20/h1-4,9-10,17H,5-8,11-13H2,(H,29,34)(H,30,33)(H3,28,31,35)/t17-/m0/s1. The van der Waals surface area contributed by atoms with E-state index in [1.165, 1.54) is 11.1 Å². The minimum atomic E-state index is -4.69. The molecule has 2 aromatic rings. The van der Waals surface area contributed by atoms with Crippen LogP contribution in [-0.4, -0.2) is 55.0 Å². The number of urea groups is 1. The zero-order valence-electron chi connectivity index (χ0n) is 19.3. The van der Waals surface area contributed by atoms with Crippen molar-refractivity contribution < 1.29 is 32.3 Å². The fourth-order valence-electron chi connectivity index (χ4n) is 4.38. The summed E-state index contributed by atoms with van der Waals surface area (Å²) in [7, 11) is 0. The third-order valence-electron chi connectivity index (χ3n) is 6.06. The van der Waals surface area contributed by atoms with Gasteiger partial charge in [-0.15, -0.1) is 0 Å². The van der Waals surface area contributed by atoms with E-state index >= 15 is 0 Å². The maximum atomic E-state index is 13.1. The number of hydrogen-bond acceptors (Lipinski definition) is 5. The minimum Gasteiger partial charge on any atom is -0.493 e. The summed E-state index contributed by atoms with van der Waals surface area (Å²) in [5.74, 6) is -0.495. The second-order valence-electron chi connectivity index (χ2n) is 8.76. The Morgan fingerprint density at radius 3 is 2.69 bits per heavy atom.